The lowest BCUT2D eigenvalue weighted by atomic mass is 9.96. The SMILES string of the molecule is CC1(C)OC(c2ccc(-c3ccc(C4(O)CCN4)nc3)cc2)C(CF)N1C(=O)C(F)F. The fourth-order valence-corrected chi connectivity index (χ4v) is 4.21. The number of ether oxygens (including phenoxy) is 1. The molecule has 2 saturated heterocycles. The van der Waals surface area contributed by atoms with E-state index in [1.807, 2.05) is 6.07 Å². The Hall–Kier alpha value is -2.49. The standard InChI is InChI=1S/C22H24F3N3O3/c1-21(2)28(20(29)19(24)25)16(11-23)18(31-21)14-5-3-13(4-6-14)15-7-8-17(26-12-15)22(30)9-10-27-22/h3-8,12,16,18-19,27,30H,9-11H2,1-2H3. The third-order valence-electron chi connectivity index (χ3n) is 5.92. The lowest BCUT2D eigenvalue weighted by Crippen LogP contribution is -2.54. The monoisotopic (exact) mass is 435 g/mol. The Bertz CT molecular complexity index is 947. The van der Waals surface area contributed by atoms with E-state index in [9.17, 15) is 23.1 Å². The number of hydrogen-bond donors (Lipinski definition) is 2. The van der Waals surface area contributed by atoms with Gasteiger partial charge in [0, 0.05) is 24.7 Å². The molecule has 6 nitrogen and oxygen atoms in total. The third-order valence-corrected chi connectivity index (χ3v) is 5.92. The van der Waals surface area contributed by atoms with Gasteiger partial charge in [0.1, 0.15) is 18.5 Å². The molecule has 9 heteroatoms. The minimum absolute atomic E-state index is 0.551. The topological polar surface area (TPSA) is 74.7 Å². The van der Waals surface area contributed by atoms with Crippen molar-refractivity contribution in [3.8, 4) is 11.1 Å². The van der Waals surface area contributed by atoms with E-state index in [-0.39, 0.29) is 0 Å². The number of aromatic nitrogens is 1. The summed E-state index contributed by atoms with van der Waals surface area (Å²) in [5.74, 6) is -1.44. The maximum Gasteiger partial charge on any atom is 0.315 e. The summed E-state index contributed by atoms with van der Waals surface area (Å²) in [5.41, 5.74) is 0.367. The number of rotatable bonds is 5. The van der Waals surface area contributed by atoms with Crippen LogP contribution in [-0.2, 0) is 15.3 Å². The molecule has 1 aromatic heterocycles. The van der Waals surface area contributed by atoms with Crippen molar-refractivity contribution in [1.29, 1.82) is 0 Å². The minimum Gasteiger partial charge on any atom is -0.370 e. The second-order valence-corrected chi connectivity index (χ2v) is 8.31. The molecule has 1 aromatic carbocycles. The van der Waals surface area contributed by atoms with Crippen LogP contribution in [0.2, 0.25) is 0 Å². The number of nitrogens with zero attached hydrogens (tertiary/aromatic N) is 2. The van der Waals surface area contributed by atoms with Gasteiger partial charge in [-0.15, -0.1) is 0 Å². The van der Waals surface area contributed by atoms with E-state index in [1.165, 1.54) is 13.8 Å². The smallest absolute Gasteiger partial charge is 0.315 e. The van der Waals surface area contributed by atoms with Crippen LogP contribution in [0.3, 0.4) is 0 Å². The average Bonchev–Trinajstić information content (AvgIpc) is 3.01. The lowest BCUT2D eigenvalue weighted by molar-refractivity contribution is -0.159. The van der Waals surface area contributed by atoms with Crippen molar-refractivity contribution in [3.05, 3.63) is 53.9 Å². The third kappa shape index (κ3) is 3.81. The van der Waals surface area contributed by atoms with Crippen LogP contribution < -0.4 is 5.32 Å². The van der Waals surface area contributed by atoms with Crippen LogP contribution >= 0.6 is 0 Å². The summed E-state index contributed by atoms with van der Waals surface area (Å²) < 4.78 is 45.7. The van der Waals surface area contributed by atoms with Gasteiger partial charge in [-0.1, -0.05) is 30.3 Å². The summed E-state index contributed by atoms with van der Waals surface area (Å²) in [7, 11) is 0. The fourth-order valence-electron chi connectivity index (χ4n) is 4.21. The minimum atomic E-state index is -3.23. The van der Waals surface area contributed by atoms with Crippen LogP contribution in [-0.4, -0.2) is 52.3 Å². The fraction of sp³-hybridized carbons (Fsp3) is 0.455. The van der Waals surface area contributed by atoms with Crippen LogP contribution in [0.5, 0.6) is 0 Å². The van der Waals surface area contributed by atoms with Crippen molar-refractivity contribution in [2.75, 3.05) is 13.2 Å². The molecule has 2 fully saturated rings. The number of carbonyl (C=O) groups is 1. The Morgan fingerprint density at radius 2 is 1.90 bits per heavy atom. The molecule has 166 valence electrons. The van der Waals surface area contributed by atoms with Crippen LogP contribution in [0.1, 0.15) is 37.6 Å². The number of aliphatic hydroxyl groups is 1. The number of carbonyl (C=O) groups excluding carboxylic acids is 1. The normalized spacial score (nSPS) is 27.4. The van der Waals surface area contributed by atoms with Gasteiger partial charge < -0.3 is 14.7 Å². The van der Waals surface area contributed by atoms with Gasteiger partial charge in [0.15, 0.2) is 5.72 Å². The molecule has 0 radical (unpaired) electrons. The van der Waals surface area contributed by atoms with Crippen molar-refractivity contribution in [2.24, 2.45) is 0 Å². The first-order valence-corrected chi connectivity index (χ1v) is 10.1. The predicted molar refractivity (Wildman–Crippen MR) is 107 cm³/mol. The zero-order chi connectivity index (χ0) is 22.4. The van der Waals surface area contributed by atoms with Gasteiger partial charge >= 0.3 is 6.43 Å². The molecule has 0 spiro atoms. The molecule has 1 amide bonds. The Kier molecular flexibility index (Phi) is 5.53. The number of nitrogens with one attached hydrogen (secondary N) is 1. The molecular formula is C22H24F3N3O3. The molecular weight excluding hydrogens is 411 g/mol. The van der Waals surface area contributed by atoms with Gasteiger partial charge in [0.2, 0.25) is 0 Å². The highest BCUT2D eigenvalue weighted by Gasteiger charge is 2.52. The van der Waals surface area contributed by atoms with E-state index in [0.29, 0.717) is 17.7 Å². The lowest BCUT2D eigenvalue weighted by Gasteiger charge is -2.37. The number of halogens is 3. The molecule has 3 atom stereocenters. The molecule has 4 rings (SSSR count). The molecule has 31 heavy (non-hydrogen) atoms. The number of benzene rings is 1. The largest absolute Gasteiger partial charge is 0.370 e. The van der Waals surface area contributed by atoms with Crippen molar-refractivity contribution in [3.63, 3.8) is 0 Å². The molecule has 2 aliphatic rings. The zero-order valence-corrected chi connectivity index (χ0v) is 17.2. The van der Waals surface area contributed by atoms with Gasteiger partial charge in [0.25, 0.3) is 5.91 Å². The highest BCUT2D eigenvalue weighted by molar-refractivity contribution is 5.80. The first-order chi connectivity index (χ1) is 14.7. The van der Waals surface area contributed by atoms with Crippen LogP contribution in [0.25, 0.3) is 11.1 Å². The van der Waals surface area contributed by atoms with Crippen LogP contribution in [0.15, 0.2) is 42.6 Å². The summed E-state index contributed by atoms with van der Waals surface area (Å²) in [4.78, 5) is 17.1. The Morgan fingerprint density at radius 1 is 1.26 bits per heavy atom. The first-order valence-electron chi connectivity index (χ1n) is 10.1. The summed E-state index contributed by atoms with van der Waals surface area (Å²) in [6, 6.07) is 9.51. The second kappa shape index (κ2) is 7.89. The maximum absolute atomic E-state index is 13.8. The van der Waals surface area contributed by atoms with E-state index >= 15 is 0 Å². The molecule has 3 heterocycles. The Balaban J connectivity index is 1.55. The van der Waals surface area contributed by atoms with Gasteiger partial charge in [-0.25, -0.2) is 4.39 Å². The molecule has 2 N–H and O–H groups in total. The number of hydrogen-bond acceptors (Lipinski definition) is 5. The number of pyridine rings is 1. The Morgan fingerprint density at radius 3 is 2.39 bits per heavy atom. The summed E-state index contributed by atoms with van der Waals surface area (Å²) >= 11 is 0. The quantitative estimate of drug-likeness (QED) is 0.755. The van der Waals surface area contributed by atoms with Gasteiger partial charge in [-0.2, -0.15) is 8.78 Å². The number of alkyl halides is 3. The van der Waals surface area contributed by atoms with Gasteiger partial charge in [-0.05, 0) is 31.0 Å². The van der Waals surface area contributed by atoms with Crippen molar-refractivity contribution in [1.82, 2.24) is 15.2 Å². The second-order valence-electron chi connectivity index (χ2n) is 8.31. The summed E-state index contributed by atoms with van der Waals surface area (Å²) in [6.45, 7) is 2.68. The van der Waals surface area contributed by atoms with Gasteiger partial charge in [0.05, 0.1) is 11.7 Å². The Labute approximate surface area is 178 Å². The summed E-state index contributed by atoms with van der Waals surface area (Å²) in [6.07, 6.45) is -1.84. The van der Waals surface area contributed by atoms with E-state index < -0.39 is 42.6 Å². The molecule has 0 aliphatic carbocycles. The molecule has 2 aliphatic heterocycles. The van der Waals surface area contributed by atoms with E-state index in [1.54, 1.807) is 36.5 Å². The van der Waals surface area contributed by atoms with Crippen LogP contribution in [0, 0.1) is 0 Å². The zero-order valence-electron chi connectivity index (χ0n) is 17.2. The van der Waals surface area contributed by atoms with Crippen molar-refractivity contribution in [2.45, 2.75) is 50.3 Å². The molecule has 0 saturated carbocycles. The maximum atomic E-state index is 13.8. The summed E-state index contributed by atoms with van der Waals surface area (Å²) in [5, 5.41) is 13.2. The van der Waals surface area contributed by atoms with E-state index in [2.05, 4.69) is 10.3 Å². The van der Waals surface area contributed by atoms with E-state index in [4.69, 9.17) is 4.74 Å². The number of amides is 1. The first kappa shape index (κ1) is 21.7. The van der Waals surface area contributed by atoms with E-state index in [0.717, 1.165) is 22.6 Å². The highest BCUT2D eigenvalue weighted by atomic mass is 19.3. The van der Waals surface area contributed by atoms with Crippen molar-refractivity contribution < 1.29 is 27.8 Å². The molecule has 3 unspecified atom stereocenters. The predicted octanol–water partition coefficient (Wildman–Crippen LogP) is 3.13. The van der Waals surface area contributed by atoms with Gasteiger partial charge in [-0.3, -0.25) is 15.1 Å². The van der Waals surface area contributed by atoms with Crippen LogP contribution in [0.4, 0.5) is 13.2 Å². The molecule has 2 aromatic rings. The molecule has 0 bridgehead atoms. The average molecular weight is 435 g/mol. The van der Waals surface area contributed by atoms with Crippen molar-refractivity contribution >= 4 is 5.91 Å². The highest BCUT2D eigenvalue weighted by Crippen LogP contribution is 2.42.